The molecule has 0 aromatic heterocycles. The first-order valence-corrected chi connectivity index (χ1v) is 6.45. The molecule has 19 heavy (non-hydrogen) atoms. The molecule has 0 N–H and O–H groups in total. The van der Waals surface area contributed by atoms with Gasteiger partial charge in [-0.05, 0) is 27.1 Å². The van der Waals surface area contributed by atoms with Gasteiger partial charge in [0.25, 0.3) is 5.91 Å². The molecule has 1 saturated heterocycles. The van der Waals surface area contributed by atoms with E-state index in [1.165, 1.54) is 5.70 Å². The molecule has 2 atom stereocenters. The number of amides is 1. The van der Waals surface area contributed by atoms with Crippen LogP contribution >= 0.6 is 0 Å². The topological polar surface area (TPSA) is 35.9 Å². The Kier molecular flexibility index (Phi) is 1.92. The molecule has 1 radical (unpaired) electrons. The lowest BCUT2D eigenvalue weighted by molar-refractivity contribution is -0.783. The average Bonchev–Trinajstić information content (AvgIpc) is 2.61. The number of quaternary nitrogens is 1. The van der Waals surface area contributed by atoms with Gasteiger partial charge in [0.05, 0.1) is 12.1 Å². The van der Waals surface area contributed by atoms with Crippen molar-refractivity contribution in [3.63, 3.8) is 0 Å². The number of piperazine rings is 1. The first-order chi connectivity index (χ1) is 9.04. The van der Waals surface area contributed by atoms with Crippen molar-refractivity contribution >= 4 is 19.3 Å². The van der Waals surface area contributed by atoms with Crippen molar-refractivity contribution in [1.82, 2.24) is 9.62 Å². The highest BCUT2D eigenvalue weighted by Gasteiger charge is 2.65. The van der Waals surface area contributed by atoms with Crippen molar-refractivity contribution in [2.75, 3.05) is 20.6 Å². The van der Waals surface area contributed by atoms with Crippen LogP contribution in [-0.4, -0.2) is 60.1 Å². The SMILES string of the molecule is CC1=C2CN([B]N(C)C)C(=O)C3C4=C[N+]23C(=N1)C=C4. The zero-order chi connectivity index (χ0) is 13.4. The minimum Gasteiger partial charge on any atom is -0.360 e. The molecule has 1 fully saturated rings. The summed E-state index contributed by atoms with van der Waals surface area (Å²) in [4.78, 5) is 21.0. The van der Waals surface area contributed by atoms with Crippen molar-refractivity contribution in [3.8, 4) is 0 Å². The fourth-order valence-electron chi connectivity index (χ4n) is 3.48. The van der Waals surface area contributed by atoms with Crippen LogP contribution in [0.1, 0.15) is 6.92 Å². The highest BCUT2D eigenvalue weighted by molar-refractivity contribution is 6.34. The second-order valence-corrected chi connectivity index (χ2v) is 5.69. The van der Waals surface area contributed by atoms with Crippen LogP contribution in [0.25, 0.3) is 0 Å². The van der Waals surface area contributed by atoms with Crippen LogP contribution in [0.4, 0.5) is 0 Å². The molecular formula is C13H15BN4O+. The maximum atomic E-state index is 12.7. The summed E-state index contributed by atoms with van der Waals surface area (Å²) >= 11 is 0. The summed E-state index contributed by atoms with van der Waals surface area (Å²) in [6.07, 6.45) is 6.23. The summed E-state index contributed by atoms with van der Waals surface area (Å²) in [5.41, 5.74) is 3.39. The van der Waals surface area contributed by atoms with Crippen molar-refractivity contribution in [2.24, 2.45) is 4.99 Å². The van der Waals surface area contributed by atoms with Crippen molar-refractivity contribution < 1.29 is 9.28 Å². The lowest BCUT2D eigenvalue weighted by Gasteiger charge is -2.52. The average molecular weight is 254 g/mol. The van der Waals surface area contributed by atoms with Gasteiger partial charge in [-0.15, -0.1) is 0 Å². The van der Waals surface area contributed by atoms with Crippen molar-refractivity contribution in [1.29, 1.82) is 0 Å². The summed E-state index contributed by atoms with van der Waals surface area (Å²) in [5, 5.41) is 0. The van der Waals surface area contributed by atoms with Crippen LogP contribution in [0.15, 0.2) is 40.3 Å². The normalized spacial score (nSPS) is 34.2. The molecule has 5 heterocycles. The van der Waals surface area contributed by atoms with E-state index in [0.717, 1.165) is 17.1 Å². The first kappa shape index (κ1) is 11.2. The molecule has 1 spiro atoms. The highest BCUT2D eigenvalue weighted by atomic mass is 16.2. The van der Waals surface area contributed by atoms with Gasteiger partial charge >= 0.3 is 7.55 Å². The predicted molar refractivity (Wildman–Crippen MR) is 72.6 cm³/mol. The summed E-state index contributed by atoms with van der Waals surface area (Å²) in [5.74, 6) is 1.16. The van der Waals surface area contributed by atoms with Crippen molar-refractivity contribution in [3.05, 3.63) is 35.3 Å². The zero-order valence-electron chi connectivity index (χ0n) is 11.3. The molecule has 2 unspecified atom stereocenters. The molecule has 5 rings (SSSR count). The first-order valence-electron chi connectivity index (χ1n) is 6.45. The van der Waals surface area contributed by atoms with E-state index in [4.69, 9.17) is 0 Å². The van der Waals surface area contributed by atoms with Gasteiger partial charge in [-0.2, -0.15) is 4.99 Å². The number of amidine groups is 1. The fourth-order valence-corrected chi connectivity index (χ4v) is 3.48. The number of hydrogen-bond donors (Lipinski definition) is 0. The van der Waals surface area contributed by atoms with Crippen LogP contribution in [-0.2, 0) is 4.79 Å². The maximum absolute atomic E-state index is 12.7. The third kappa shape index (κ3) is 1.14. The second kappa shape index (κ2) is 3.26. The third-order valence-corrected chi connectivity index (χ3v) is 4.23. The molecule has 1 amide bonds. The molecule has 5 aliphatic rings. The number of carbonyl (C=O) groups is 1. The van der Waals surface area contributed by atoms with E-state index in [9.17, 15) is 4.79 Å². The van der Waals surface area contributed by atoms with Gasteiger partial charge in [0.1, 0.15) is 11.9 Å². The quantitative estimate of drug-likeness (QED) is 0.522. The summed E-state index contributed by atoms with van der Waals surface area (Å²) in [6, 6.07) is -0.110. The van der Waals surface area contributed by atoms with E-state index in [-0.39, 0.29) is 11.9 Å². The minimum atomic E-state index is -0.110. The minimum absolute atomic E-state index is 0.110. The molecular weight excluding hydrogens is 239 g/mol. The van der Waals surface area contributed by atoms with Crippen LogP contribution in [0.3, 0.4) is 0 Å². The summed E-state index contributed by atoms with van der Waals surface area (Å²) in [7, 11) is 5.74. The fraction of sp³-hybridized carbons (Fsp3) is 0.385. The molecule has 0 saturated carbocycles. The van der Waals surface area contributed by atoms with E-state index >= 15 is 0 Å². The van der Waals surface area contributed by atoms with E-state index in [0.29, 0.717) is 11.0 Å². The van der Waals surface area contributed by atoms with Gasteiger partial charge in [-0.1, -0.05) is 0 Å². The van der Waals surface area contributed by atoms with Crippen LogP contribution in [0, 0.1) is 0 Å². The number of carbonyl (C=O) groups excluding carboxylic acids is 1. The highest BCUT2D eigenvalue weighted by Crippen LogP contribution is 2.50. The molecule has 0 aromatic carbocycles. The number of hydrogen-bond acceptors (Lipinski definition) is 3. The smallest absolute Gasteiger partial charge is 0.354 e. The Balaban J connectivity index is 1.81. The molecule has 5 nitrogen and oxygen atoms in total. The maximum Gasteiger partial charge on any atom is 0.354 e. The van der Waals surface area contributed by atoms with Crippen LogP contribution in [0.2, 0.25) is 0 Å². The monoisotopic (exact) mass is 254 g/mol. The Hall–Kier alpha value is -1.66. The Morgan fingerprint density at radius 2 is 2.26 bits per heavy atom. The van der Waals surface area contributed by atoms with Gasteiger partial charge < -0.3 is 9.62 Å². The lowest BCUT2D eigenvalue weighted by atomic mass is 9.83. The summed E-state index contributed by atoms with van der Waals surface area (Å²) < 4.78 is 0.564. The molecule has 6 heteroatoms. The summed E-state index contributed by atoms with van der Waals surface area (Å²) in [6.45, 7) is 2.66. The Bertz CT molecular complexity index is 631. The second-order valence-electron chi connectivity index (χ2n) is 5.69. The van der Waals surface area contributed by atoms with E-state index in [2.05, 4.69) is 11.2 Å². The van der Waals surface area contributed by atoms with Crippen LogP contribution < -0.4 is 0 Å². The van der Waals surface area contributed by atoms with E-state index < -0.39 is 0 Å². The molecule has 0 aliphatic carbocycles. The van der Waals surface area contributed by atoms with Gasteiger partial charge in [0, 0.05) is 6.08 Å². The lowest BCUT2D eigenvalue weighted by Crippen LogP contribution is -2.72. The Morgan fingerprint density at radius 3 is 3.00 bits per heavy atom. The van der Waals surface area contributed by atoms with Crippen LogP contribution in [0.5, 0.6) is 0 Å². The van der Waals surface area contributed by atoms with E-state index in [1.807, 2.05) is 50.3 Å². The standard InChI is InChI=1S/C13H15BN4O/c1-8-10-6-17(14-16(2)3)13(19)12-9-4-5-11(15-8)18(10,12)7-9/h4-5,7,12H,6H2,1-3H3/q+1. The van der Waals surface area contributed by atoms with Gasteiger partial charge in [-0.25, -0.2) is 4.48 Å². The van der Waals surface area contributed by atoms with E-state index in [1.54, 1.807) is 0 Å². The number of nitrogens with zero attached hydrogens (tertiary/aromatic N) is 4. The molecule has 0 aromatic rings. The number of rotatable bonds is 2. The predicted octanol–water partition coefficient (Wildman–Crippen LogP) is 0.221. The molecule has 2 bridgehead atoms. The van der Waals surface area contributed by atoms with Gasteiger partial charge in [0.15, 0.2) is 5.70 Å². The van der Waals surface area contributed by atoms with Gasteiger partial charge in [-0.3, -0.25) is 4.79 Å². The number of aliphatic imine (C=N–C) groups is 1. The molecule has 95 valence electrons. The largest absolute Gasteiger partial charge is 0.360 e. The zero-order valence-corrected chi connectivity index (χ0v) is 11.3. The van der Waals surface area contributed by atoms with Gasteiger partial charge in [0.2, 0.25) is 11.9 Å². The number of allylic oxidation sites excluding steroid dienone is 1. The molecule has 5 aliphatic heterocycles. The Morgan fingerprint density at radius 1 is 1.47 bits per heavy atom. The third-order valence-electron chi connectivity index (χ3n) is 4.23. The van der Waals surface area contributed by atoms with Crippen molar-refractivity contribution in [2.45, 2.75) is 13.0 Å². The Labute approximate surface area is 113 Å².